The molecular weight excluding hydrogens is 190 g/mol. The van der Waals surface area contributed by atoms with E-state index in [0.717, 1.165) is 11.0 Å². The summed E-state index contributed by atoms with van der Waals surface area (Å²) < 4.78 is 0. The predicted molar refractivity (Wildman–Crippen MR) is 49.4 cm³/mol. The van der Waals surface area contributed by atoms with Crippen molar-refractivity contribution in [3.05, 3.63) is 21.7 Å². The van der Waals surface area contributed by atoms with E-state index in [0.29, 0.717) is 10.7 Å². The van der Waals surface area contributed by atoms with Crippen molar-refractivity contribution < 1.29 is 15.0 Å². The smallest absolute Gasteiger partial charge is 0.328 e. The lowest BCUT2D eigenvalue weighted by Gasteiger charge is -1.85. The van der Waals surface area contributed by atoms with Gasteiger partial charge in [-0.15, -0.1) is 11.3 Å². The van der Waals surface area contributed by atoms with Crippen LogP contribution >= 0.6 is 11.3 Å². The molecule has 0 aliphatic carbocycles. The van der Waals surface area contributed by atoms with E-state index in [9.17, 15) is 4.79 Å². The Balaban J connectivity index is 2.85. The maximum Gasteiger partial charge on any atom is 0.328 e. The SMILES string of the molecule is Cc1sc(/C=C/C(=O)O)nc1CO. The molecule has 0 atom stereocenters. The lowest BCUT2D eigenvalue weighted by molar-refractivity contribution is -0.131. The molecular formula is C8H9NO3S. The lowest BCUT2D eigenvalue weighted by atomic mass is 10.4. The number of hydrogen-bond acceptors (Lipinski definition) is 4. The summed E-state index contributed by atoms with van der Waals surface area (Å²) in [5.41, 5.74) is 0.607. The fourth-order valence-corrected chi connectivity index (χ4v) is 1.64. The molecule has 0 unspecified atom stereocenters. The summed E-state index contributed by atoms with van der Waals surface area (Å²) >= 11 is 1.36. The third-order valence-electron chi connectivity index (χ3n) is 1.43. The van der Waals surface area contributed by atoms with Crippen LogP contribution in [0.1, 0.15) is 15.6 Å². The van der Waals surface area contributed by atoms with Crippen LogP contribution in [0.5, 0.6) is 0 Å². The first-order chi connectivity index (χ1) is 6.13. The van der Waals surface area contributed by atoms with Crippen molar-refractivity contribution in [2.75, 3.05) is 0 Å². The van der Waals surface area contributed by atoms with Crippen molar-refractivity contribution in [1.29, 1.82) is 0 Å². The summed E-state index contributed by atoms with van der Waals surface area (Å²) in [6.45, 7) is 1.73. The Kier molecular flexibility index (Phi) is 3.16. The monoisotopic (exact) mass is 199 g/mol. The van der Waals surface area contributed by atoms with Crippen LogP contribution in [0.3, 0.4) is 0 Å². The molecule has 1 aromatic heterocycles. The van der Waals surface area contributed by atoms with Gasteiger partial charge in [-0.1, -0.05) is 0 Å². The number of aryl methyl sites for hydroxylation is 1. The molecule has 0 saturated heterocycles. The Morgan fingerprint density at radius 3 is 2.85 bits per heavy atom. The second-order valence-corrected chi connectivity index (χ2v) is 3.62. The van der Waals surface area contributed by atoms with Gasteiger partial charge in [0.1, 0.15) is 5.01 Å². The third-order valence-corrected chi connectivity index (χ3v) is 2.41. The van der Waals surface area contributed by atoms with E-state index in [2.05, 4.69) is 4.98 Å². The van der Waals surface area contributed by atoms with E-state index in [-0.39, 0.29) is 6.61 Å². The zero-order valence-corrected chi connectivity index (χ0v) is 7.84. The number of carboxylic acids is 1. The van der Waals surface area contributed by atoms with Gasteiger partial charge in [0.05, 0.1) is 12.3 Å². The average Bonchev–Trinajstić information content (AvgIpc) is 2.43. The van der Waals surface area contributed by atoms with Gasteiger partial charge in [-0.2, -0.15) is 0 Å². The van der Waals surface area contributed by atoms with E-state index in [1.54, 1.807) is 0 Å². The molecule has 4 nitrogen and oxygen atoms in total. The van der Waals surface area contributed by atoms with Crippen LogP contribution in [0.2, 0.25) is 0 Å². The van der Waals surface area contributed by atoms with Gasteiger partial charge in [-0.05, 0) is 13.0 Å². The lowest BCUT2D eigenvalue weighted by Crippen LogP contribution is -1.86. The fourth-order valence-electron chi connectivity index (χ4n) is 0.811. The maximum atomic E-state index is 10.2. The van der Waals surface area contributed by atoms with Crippen LogP contribution in [0, 0.1) is 6.92 Å². The molecule has 0 aromatic carbocycles. The molecule has 0 radical (unpaired) electrons. The molecule has 5 heteroatoms. The number of aliphatic carboxylic acids is 1. The molecule has 0 bridgehead atoms. The highest BCUT2D eigenvalue weighted by Gasteiger charge is 2.03. The number of aliphatic hydroxyl groups excluding tert-OH is 1. The Bertz CT molecular complexity index is 343. The Morgan fingerprint density at radius 1 is 1.69 bits per heavy atom. The summed E-state index contributed by atoms with van der Waals surface area (Å²) in [6, 6.07) is 0. The highest BCUT2D eigenvalue weighted by molar-refractivity contribution is 7.12. The van der Waals surface area contributed by atoms with Gasteiger partial charge in [0, 0.05) is 11.0 Å². The van der Waals surface area contributed by atoms with Crippen LogP contribution in [-0.4, -0.2) is 21.2 Å². The second-order valence-electron chi connectivity index (χ2n) is 2.38. The van der Waals surface area contributed by atoms with Gasteiger partial charge in [0.2, 0.25) is 0 Å². The average molecular weight is 199 g/mol. The van der Waals surface area contributed by atoms with Gasteiger partial charge in [-0.3, -0.25) is 0 Å². The molecule has 0 aliphatic rings. The van der Waals surface area contributed by atoms with Gasteiger partial charge in [-0.25, -0.2) is 9.78 Å². The van der Waals surface area contributed by atoms with Gasteiger partial charge >= 0.3 is 5.97 Å². The van der Waals surface area contributed by atoms with Crippen molar-refractivity contribution >= 4 is 23.4 Å². The molecule has 0 spiro atoms. The zero-order chi connectivity index (χ0) is 9.84. The number of aliphatic hydroxyl groups is 1. The number of hydrogen-bond donors (Lipinski definition) is 2. The standard InChI is InChI=1S/C8H9NO3S/c1-5-6(4-10)9-7(13-5)2-3-8(11)12/h2-3,10H,4H2,1H3,(H,11,12)/b3-2+. The molecule has 1 rings (SSSR count). The fraction of sp³-hybridized carbons (Fsp3) is 0.250. The summed E-state index contributed by atoms with van der Waals surface area (Å²) in [5, 5.41) is 17.8. The molecule has 13 heavy (non-hydrogen) atoms. The normalized spacial score (nSPS) is 10.9. The van der Waals surface area contributed by atoms with E-state index in [4.69, 9.17) is 10.2 Å². The van der Waals surface area contributed by atoms with Gasteiger partial charge in [0.25, 0.3) is 0 Å². The molecule has 2 N–H and O–H groups in total. The first-order valence-corrected chi connectivity index (χ1v) is 4.43. The quantitative estimate of drug-likeness (QED) is 0.713. The third kappa shape index (κ3) is 2.64. The number of rotatable bonds is 3. The number of nitrogens with zero attached hydrogens (tertiary/aromatic N) is 1. The van der Waals surface area contributed by atoms with E-state index in [1.165, 1.54) is 17.4 Å². The molecule has 70 valence electrons. The van der Waals surface area contributed by atoms with Crippen molar-refractivity contribution in [3.8, 4) is 0 Å². The summed E-state index contributed by atoms with van der Waals surface area (Å²) in [5.74, 6) is -1.00. The highest BCUT2D eigenvalue weighted by atomic mass is 32.1. The minimum atomic E-state index is -1.00. The van der Waals surface area contributed by atoms with Gasteiger partial charge in [0.15, 0.2) is 0 Å². The number of aromatic nitrogens is 1. The Hall–Kier alpha value is -1.20. The molecule has 1 aromatic rings. The number of thiazole rings is 1. The molecule has 0 aliphatic heterocycles. The Morgan fingerprint density at radius 2 is 2.38 bits per heavy atom. The Labute approximate surface area is 79.2 Å². The molecule has 0 fully saturated rings. The van der Waals surface area contributed by atoms with Crippen LogP contribution in [0.4, 0.5) is 0 Å². The van der Waals surface area contributed by atoms with Crippen molar-refractivity contribution in [1.82, 2.24) is 4.98 Å². The van der Waals surface area contributed by atoms with Crippen LogP contribution in [-0.2, 0) is 11.4 Å². The number of carbonyl (C=O) groups is 1. The van der Waals surface area contributed by atoms with Crippen molar-refractivity contribution in [2.24, 2.45) is 0 Å². The highest BCUT2D eigenvalue weighted by Crippen LogP contribution is 2.18. The van der Waals surface area contributed by atoms with E-state index < -0.39 is 5.97 Å². The molecule has 1 heterocycles. The predicted octanol–water partition coefficient (Wildman–Crippen LogP) is 1.04. The molecule has 0 amide bonds. The van der Waals surface area contributed by atoms with E-state index in [1.807, 2.05) is 6.92 Å². The minimum absolute atomic E-state index is 0.108. The summed E-state index contributed by atoms with van der Waals surface area (Å²) in [6.07, 6.45) is 2.44. The second kappa shape index (κ2) is 4.15. The first-order valence-electron chi connectivity index (χ1n) is 3.61. The maximum absolute atomic E-state index is 10.2. The topological polar surface area (TPSA) is 70.4 Å². The van der Waals surface area contributed by atoms with Crippen LogP contribution in [0.25, 0.3) is 6.08 Å². The van der Waals surface area contributed by atoms with Crippen molar-refractivity contribution in [2.45, 2.75) is 13.5 Å². The largest absolute Gasteiger partial charge is 0.478 e. The first kappa shape index (κ1) is 9.88. The van der Waals surface area contributed by atoms with Gasteiger partial charge < -0.3 is 10.2 Å². The van der Waals surface area contributed by atoms with Crippen LogP contribution < -0.4 is 0 Å². The number of carboxylic acid groups (broad SMARTS) is 1. The summed E-state index contributed by atoms with van der Waals surface area (Å²) in [4.78, 5) is 15.1. The summed E-state index contributed by atoms with van der Waals surface area (Å²) in [7, 11) is 0. The van der Waals surface area contributed by atoms with E-state index >= 15 is 0 Å². The minimum Gasteiger partial charge on any atom is -0.478 e. The molecule has 0 saturated carbocycles. The zero-order valence-electron chi connectivity index (χ0n) is 7.02. The van der Waals surface area contributed by atoms with Crippen LogP contribution in [0.15, 0.2) is 6.08 Å². The van der Waals surface area contributed by atoms with Crippen molar-refractivity contribution in [3.63, 3.8) is 0 Å².